The van der Waals surface area contributed by atoms with Gasteiger partial charge in [0.1, 0.15) is 12.0 Å². The Bertz CT molecular complexity index is 927. The number of para-hydroxylation sites is 1. The Morgan fingerprint density at radius 2 is 1.85 bits per heavy atom. The highest BCUT2D eigenvalue weighted by molar-refractivity contribution is 5.81. The Morgan fingerprint density at radius 1 is 1.18 bits per heavy atom. The predicted molar refractivity (Wildman–Crippen MR) is 133 cm³/mol. The minimum atomic E-state index is -0.633. The van der Waals surface area contributed by atoms with E-state index in [0.29, 0.717) is 13.0 Å². The predicted octanol–water partition coefficient (Wildman–Crippen LogP) is 3.36. The van der Waals surface area contributed by atoms with Crippen molar-refractivity contribution in [2.45, 2.75) is 65.3 Å². The maximum Gasteiger partial charge on any atom is 0.261 e. The molecular weight excluding hydrogens is 416 g/mol. The van der Waals surface area contributed by atoms with Crippen molar-refractivity contribution in [3.05, 3.63) is 53.1 Å². The summed E-state index contributed by atoms with van der Waals surface area (Å²) in [5, 5.41) is 16.6. The van der Waals surface area contributed by atoms with Gasteiger partial charge in [0.25, 0.3) is 5.91 Å². The van der Waals surface area contributed by atoms with Crippen molar-refractivity contribution in [3.63, 3.8) is 0 Å². The van der Waals surface area contributed by atoms with Crippen molar-refractivity contribution in [3.8, 4) is 5.75 Å². The van der Waals surface area contributed by atoms with Gasteiger partial charge in [0, 0.05) is 37.1 Å². The summed E-state index contributed by atoms with van der Waals surface area (Å²) in [6.45, 7) is 10.1. The molecule has 1 saturated heterocycles. The Morgan fingerprint density at radius 3 is 2.48 bits per heavy atom. The minimum absolute atomic E-state index is 0.0757. The first kappa shape index (κ1) is 24.9. The zero-order chi connectivity index (χ0) is 24.0. The molecule has 3 rings (SSSR count). The molecule has 5 N–H and O–H groups in total. The molecule has 1 fully saturated rings. The van der Waals surface area contributed by atoms with Crippen LogP contribution in [0.15, 0.2) is 36.4 Å². The molecule has 7 nitrogen and oxygen atoms in total. The van der Waals surface area contributed by atoms with Gasteiger partial charge in [-0.1, -0.05) is 25.1 Å². The molecule has 2 atom stereocenters. The number of hydrogen-bond acceptors (Lipinski definition) is 6. The molecule has 0 aliphatic carbocycles. The maximum absolute atomic E-state index is 12.9. The molecule has 2 unspecified atom stereocenters. The van der Waals surface area contributed by atoms with Gasteiger partial charge in [-0.05, 0) is 74.9 Å². The smallest absolute Gasteiger partial charge is 0.261 e. The Hall–Kier alpha value is -2.77. The fourth-order valence-corrected chi connectivity index (χ4v) is 4.23. The number of hydrogen-bond donors (Lipinski definition) is 4. The number of aliphatic hydroxyl groups excluding tert-OH is 1. The van der Waals surface area contributed by atoms with Gasteiger partial charge in [-0.3, -0.25) is 9.69 Å². The van der Waals surface area contributed by atoms with Crippen LogP contribution in [-0.2, 0) is 4.79 Å². The Kier molecular flexibility index (Phi) is 8.58. The number of aryl methyl sites for hydroxylation is 1. The number of β-amino-alcohol motifs (C(OH)–C–C–N with tert-alkyl or cyclic N) is 1. The molecule has 0 saturated carbocycles. The lowest BCUT2D eigenvalue weighted by molar-refractivity contribution is -0.129. The highest BCUT2D eigenvalue weighted by Crippen LogP contribution is 2.30. The SMILES string of the molecule is CCC(Oc1cc(C)c(N)c(C)c1C)C(=O)NC1CCN(CC(O)Nc2ccccc2)CC1. The average Bonchev–Trinajstić information content (AvgIpc) is 2.81. The highest BCUT2D eigenvalue weighted by atomic mass is 16.5. The number of ether oxygens (including phenoxy) is 1. The van der Waals surface area contributed by atoms with Gasteiger partial charge in [-0.25, -0.2) is 0 Å². The number of amides is 1. The molecule has 2 aromatic rings. The molecule has 7 heteroatoms. The molecule has 0 spiro atoms. The molecule has 1 aliphatic heterocycles. The first-order valence-electron chi connectivity index (χ1n) is 11.8. The molecule has 1 aliphatic rings. The van der Waals surface area contributed by atoms with E-state index in [1.165, 1.54) is 0 Å². The standard InChI is InChI=1S/C26H38N4O3/c1-5-22(33-23-15-17(2)25(27)19(4)18(23)3)26(32)29-21-11-13-30(14-12-21)16-24(31)28-20-9-7-6-8-10-20/h6-10,15,21-22,24,28,31H,5,11-14,16,27H2,1-4H3,(H,29,32). The van der Waals surface area contributed by atoms with Crippen LogP contribution >= 0.6 is 0 Å². The number of nitrogens with zero attached hydrogens (tertiary/aromatic N) is 1. The zero-order valence-corrected chi connectivity index (χ0v) is 20.2. The van der Waals surface area contributed by atoms with E-state index in [1.54, 1.807) is 0 Å². The molecule has 33 heavy (non-hydrogen) atoms. The van der Waals surface area contributed by atoms with Crippen LogP contribution in [0.2, 0.25) is 0 Å². The number of carbonyl (C=O) groups excluding carboxylic acids is 1. The lowest BCUT2D eigenvalue weighted by Crippen LogP contribution is -2.50. The number of likely N-dealkylation sites (tertiary alicyclic amines) is 1. The van der Waals surface area contributed by atoms with Crippen molar-refractivity contribution < 1.29 is 14.6 Å². The Labute approximate surface area is 197 Å². The molecule has 0 aromatic heterocycles. The summed E-state index contributed by atoms with van der Waals surface area (Å²) < 4.78 is 6.13. The van der Waals surface area contributed by atoms with Crippen LogP contribution in [0.5, 0.6) is 5.75 Å². The van der Waals surface area contributed by atoms with Crippen LogP contribution in [0.25, 0.3) is 0 Å². The van der Waals surface area contributed by atoms with Crippen molar-refractivity contribution in [2.24, 2.45) is 0 Å². The number of benzene rings is 2. The van der Waals surface area contributed by atoms with E-state index in [9.17, 15) is 9.90 Å². The number of nitrogens with one attached hydrogen (secondary N) is 2. The molecular formula is C26H38N4O3. The van der Waals surface area contributed by atoms with Crippen molar-refractivity contribution in [1.82, 2.24) is 10.2 Å². The monoisotopic (exact) mass is 454 g/mol. The quantitative estimate of drug-likeness (QED) is 0.343. The number of aliphatic hydroxyl groups is 1. The van der Waals surface area contributed by atoms with E-state index >= 15 is 0 Å². The summed E-state index contributed by atoms with van der Waals surface area (Å²) in [6.07, 6.45) is 1.11. The van der Waals surface area contributed by atoms with Crippen LogP contribution < -0.4 is 21.1 Å². The van der Waals surface area contributed by atoms with Crippen LogP contribution in [0.1, 0.15) is 42.9 Å². The van der Waals surface area contributed by atoms with E-state index < -0.39 is 12.3 Å². The number of rotatable bonds is 9. The minimum Gasteiger partial charge on any atom is -0.480 e. The first-order chi connectivity index (χ1) is 15.8. The normalized spacial score (nSPS) is 16.8. The van der Waals surface area contributed by atoms with E-state index in [2.05, 4.69) is 15.5 Å². The van der Waals surface area contributed by atoms with Gasteiger partial charge < -0.3 is 26.2 Å². The second kappa shape index (κ2) is 11.4. The van der Waals surface area contributed by atoms with E-state index in [0.717, 1.165) is 59.7 Å². The third-order valence-electron chi connectivity index (χ3n) is 6.51. The summed E-state index contributed by atoms with van der Waals surface area (Å²) in [4.78, 5) is 15.2. The van der Waals surface area contributed by atoms with Gasteiger partial charge in [-0.2, -0.15) is 0 Å². The fraction of sp³-hybridized carbons (Fsp3) is 0.500. The molecule has 1 amide bonds. The molecule has 1 heterocycles. The van der Waals surface area contributed by atoms with Crippen LogP contribution in [-0.4, -0.2) is 53.9 Å². The largest absolute Gasteiger partial charge is 0.480 e. The third kappa shape index (κ3) is 6.62. The second-order valence-electron chi connectivity index (χ2n) is 8.98. The summed E-state index contributed by atoms with van der Waals surface area (Å²) in [7, 11) is 0. The van der Waals surface area contributed by atoms with E-state index in [1.807, 2.05) is 64.1 Å². The number of anilines is 2. The van der Waals surface area contributed by atoms with Crippen molar-refractivity contribution in [2.75, 3.05) is 30.7 Å². The number of nitrogen functional groups attached to an aromatic ring is 1. The zero-order valence-electron chi connectivity index (χ0n) is 20.2. The fourth-order valence-electron chi connectivity index (χ4n) is 4.23. The first-order valence-corrected chi connectivity index (χ1v) is 11.8. The van der Waals surface area contributed by atoms with Gasteiger partial charge in [0.15, 0.2) is 6.10 Å². The summed E-state index contributed by atoms with van der Waals surface area (Å²) >= 11 is 0. The third-order valence-corrected chi connectivity index (χ3v) is 6.51. The number of carbonyl (C=O) groups is 1. The average molecular weight is 455 g/mol. The molecule has 180 valence electrons. The number of piperidine rings is 1. The summed E-state index contributed by atoms with van der Waals surface area (Å²) in [5.74, 6) is 0.643. The van der Waals surface area contributed by atoms with Gasteiger partial charge in [0.05, 0.1) is 0 Å². The highest BCUT2D eigenvalue weighted by Gasteiger charge is 2.26. The number of nitrogens with two attached hydrogens (primary N) is 1. The lowest BCUT2D eigenvalue weighted by atomic mass is 10.0. The van der Waals surface area contributed by atoms with Crippen LogP contribution in [0.4, 0.5) is 11.4 Å². The second-order valence-corrected chi connectivity index (χ2v) is 8.98. The van der Waals surface area contributed by atoms with Crippen molar-refractivity contribution >= 4 is 17.3 Å². The van der Waals surface area contributed by atoms with Crippen molar-refractivity contribution in [1.29, 1.82) is 0 Å². The van der Waals surface area contributed by atoms with Gasteiger partial charge >= 0.3 is 0 Å². The lowest BCUT2D eigenvalue weighted by Gasteiger charge is -2.34. The van der Waals surface area contributed by atoms with Gasteiger partial charge in [-0.15, -0.1) is 0 Å². The molecule has 2 aromatic carbocycles. The molecule has 0 radical (unpaired) electrons. The molecule has 0 bridgehead atoms. The Balaban J connectivity index is 1.48. The van der Waals surface area contributed by atoms with E-state index in [4.69, 9.17) is 10.5 Å². The topological polar surface area (TPSA) is 99.8 Å². The maximum atomic E-state index is 12.9. The van der Waals surface area contributed by atoms with Crippen LogP contribution in [0, 0.1) is 20.8 Å². The summed E-state index contributed by atoms with van der Waals surface area (Å²) in [6, 6.07) is 11.7. The summed E-state index contributed by atoms with van der Waals surface area (Å²) in [5.41, 5.74) is 10.7. The van der Waals surface area contributed by atoms with Gasteiger partial charge in [0.2, 0.25) is 0 Å². The van der Waals surface area contributed by atoms with E-state index in [-0.39, 0.29) is 11.9 Å². The van der Waals surface area contributed by atoms with Crippen LogP contribution in [0.3, 0.4) is 0 Å².